The molecule has 3 aromatic heterocycles. The highest BCUT2D eigenvalue weighted by atomic mass is 35.5. The van der Waals surface area contributed by atoms with Crippen molar-refractivity contribution in [2.75, 3.05) is 0 Å². The second-order valence-corrected chi connectivity index (χ2v) is 5.59. The van der Waals surface area contributed by atoms with Gasteiger partial charge in [0.25, 0.3) is 0 Å². The summed E-state index contributed by atoms with van der Waals surface area (Å²) in [4.78, 5) is 19.2. The van der Waals surface area contributed by atoms with E-state index in [2.05, 4.69) is 19.9 Å². The van der Waals surface area contributed by atoms with Crippen LogP contribution in [0.2, 0.25) is 5.15 Å². The molecule has 0 atom stereocenters. The van der Waals surface area contributed by atoms with E-state index < -0.39 is 0 Å². The second-order valence-electron chi connectivity index (χ2n) is 4.00. The van der Waals surface area contributed by atoms with E-state index >= 15 is 0 Å². The second kappa shape index (κ2) is 4.26. The zero-order valence-electron chi connectivity index (χ0n) is 9.81. The fourth-order valence-corrected chi connectivity index (χ4v) is 2.77. The van der Waals surface area contributed by atoms with Crippen LogP contribution in [-0.2, 0) is 0 Å². The molecule has 0 N–H and O–H groups in total. The summed E-state index contributed by atoms with van der Waals surface area (Å²) in [6, 6.07) is 1.99. The lowest BCUT2D eigenvalue weighted by atomic mass is 10.3. The molecule has 0 saturated heterocycles. The molecule has 18 heavy (non-hydrogen) atoms. The van der Waals surface area contributed by atoms with Crippen LogP contribution >= 0.6 is 22.9 Å². The molecule has 4 nitrogen and oxygen atoms in total. The number of nitrogens with zero attached hydrogens (tertiary/aromatic N) is 4. The first-order valence-corrected chi connectivity index (χ1v) is 6.55. The molecule has 0 bridgehead atoms. The molecule has 0 spiro atoms. The standard InChI is InChI=1S/C12H9ClN4S/c1-6-4-14-10(15-5-6)11-16-9(13)8-3-7(2)18-12(8)17-11/h3-5H,1-2H3. The van der Waals surface area contributed by atoms with Gasteiger partial charge in [-0.25, -0.2) is 19.9 Å². The average Bonchev–Trinajstić information content (AvgIpc) is 2.71. The summed E-state index contributed by atoms with van der Waals surface area (Å²) in [6.07, 6.45) is 3.48. The number of thiophene rings is 1. The highest BCUT2D eigenvalue weighted by molar-refractivity contribution is 7.18. The van der Waals surface area contributed by atoms with E-state index in [9.17, 15) is 0 Å². The number of fused-ring (bicyclic) bond motifs is 1. The maximum absolute atomic E-state index is 6.16. The minimum atomic E-state index is 0.448. The Balaban J connectivity index is 2.20. The summed E-state index contributed by atoms with van der Waals surface area (Å²) in [7, 11) is 0. The summed E-state index contributed by atoms with van der Waals surface area (Å²) in [5.41, 5.74) is 0.998. The first-order chi connectivity index (χ1) is 8.63. The van der Waals surface area contributed by atoms with Crippen molar-refractivity contribution in [3.63, 3.8) is 0 Å². The highest BCUT2D eigenvalue weighted by Crippen LogP contribution is 2.29. The fourth-order valence-electron chi connectivity index (χ4n) is 1.62. The van der Waals surface area contributed by atoms with Crippen LogP contribution in [0.15, 0.2) is 18.5 Å². The van der Waals surface area contributed by atoms with Gasteiger partial charge < -0.3 is 0 Å². The van der Waals surface area contributed by atoms with Gasteiger partial charge in [0.2, 0.25) is 5.82 Å². The summed E-state index contributed by atoms with van der Waals surface area (Å²) >= 11 is 7.74. The Bertz CT molecular complexity index is 721. The Labute approximate surface area is 113 Å². The van der Waals surface area contributed by atoms with Gasteiger partial charge in [-0.2, -0.15) is 0 Å². The predicted molar refractivity (Wildman–Crippen MR) is 72.9 cm³/mol. The van der Waals surface area contributed by atoms with Crippen LogP contribution in [0.4, 0.5) is 0 Å². The van der Waals surface area contributed by atoms with E-state index in [1.165, 1.54) is 0 Å². The van der Waals surface area contributed by atoms with E-state index in [4.69, 9.17) is 11.6 Å². The Hall–Kier alpha value is -1.59. The molecule has 0 aliphatic rings. The number of hydrogen-bond acceptors (Lipinski definition) is 5. The number of rotatable bonds is 1. The Morgan fingerprint density at radius 2 is 1.78 bits per heavy atom. The van der Waals surface area contributed by atoms with Gasteiger partial charge in [0.15, 0.2) is 5.82 Å². The smallest absolute Gasteiger partial charge is 0.200 e. The first-order valence-electron chi connectivity index (χ1n) is 5.36. The molecule has 0 radical (unpaired) electrons. The molecule has 3 heterocycles. The van der Waals surface area contributed by atoms with Gasteiger partial charge in [-0.15, -0.1) is 11.3 Å². The maximum atomic E-state index is 6.16. The summed E-state index contributed by atoms with van der Waals surface area (Å²) in [5, 5.41) is 1.33. The molecule has 3 aromatic rings. The molecule has 0 amide bonds. The molecule has 0 saturated carbocycles. The lowest BCUT2D eigenvalue weighted by Gasteiger charge is -2.00. The third kappa shape index (κ3) is 1.95. The van der Waals surface area contributed by atoms with Crippen molar-refractivity contribution in [3.05, 3.63) is 34.1 Å². The van der Waals surface area contributed by atoms with Crippen molar-refractivity contribution in [2.24, 2.45) is 0 Å². The van der Waals surface area contributed by atoms with Crippen LogP contribution in [0.1, 0.15) is 10.4 Å². The van der Waals surface area contributed by atoms with Crippen molar-refractivity contribution >= 4 is 33.2 Å². The molecular formula is C12H9ClN4S. The molecule has 3 rings (SSSR count). The SMILES string of the molecule is Cc1cnc(-c2nc(Cl)c3cc(C)sc3n2)nc1. The zero-order chi connectivity index (χ0) is 12.7. The van der Waals surface area contributed by atoms with Crippen molar-refractivity contribution < 1.29 is 0 Å². The quantitative estimate of drug-likeness (QED) is 0.639. The van der Waals surface area contributed by atoms with E-state index in [0.717, 1.165) is 20.7 Å². The van der Waals surface area contributed by atoms with Crippen LogP contribution in [0.25, 0.3) is 21.9 Å². The predicted octanol–water partition coefficient (Wildman–Crippen LogP) is 3.42. The van der Waals surface area contributed by atoms with Gasteiger partial charge in [-0.05, 0) is 25.5 Å². The molecular weight excluding hydrogens is 268 g/mol. The van der Waals surface area contributed by atoms with E-state index in [-0.39, 0.29) is 0 Å². The van der Waals surface area contributed by atoms with Gasteiger partial charge in [-0.3, -0.25) is 0 Å². The summed E-state index contributed by atoms with van der Waals surface area (Å²) < 4.78 is 0. The molecule has 0 unspecified atom stereocenters. The minimum absolute atomic E-state index is 0.448. The van der Waals surface area contributed by atoms with Crippen LogP contribution < -0.4 is 0 Å². The zero-order valence-corrected chi connectivity index (χ0v) is 11.4. The monoisotopic (exact) mass is 276 g/mol. The van der Waals surface area contributed by atoms with Crippen LogP contribution in [0.5, 0.6) is 0 Å². The minimum Gasteiger partial charge on any atom is -0.234 e. The van der Waals surface area contributed by atoms with E-state index in [0.29, 0.717) is 16.8 Å². The highest BCUT2D eigenvalue weighted by Gasteiger charge is 2.11. The van der Waals surface area contributed by atoms with Crippen LogP contribution in [0, 0.1) is 13.8 Å². The number of aromatic nitrogens is 4. The molecule has 6 heteroatoms. The molecule has 0 aromatic carbocycles. The Morgan fingerprint density at radius 3 is 2.50 bits per heavy atom. The van der Waals surface area contributed by atoms with Gasteiger partial charge >= 0.3 is 0 Å². The van der Waals surface area contributed by atoms with Crippen LogP contribution in [-0.4, -0.2) is 19.9 Å². The number of aryl methyl sites for hydroxylation is 2. The molecule has 0 fully saturated rings. The largest absolute Gasteiger partial charge is 0.234 e. The Morgan fingerprint density at radius 1 is 1.06 bits per heavy atom. The van der Waals surface area contributed by atoms with Crippen molar-refractivity contribution in [1.29, 1.82) is 0 Å². The summed E-state index contributed by atoms with van der Waals surface area (Å²) in [5.74, 6) is 0.963. The van der Waals surface area contributed by atoms with E-state index in [1.54, 1.807) is 23.7 Å². The molecule has 0 aliphatic heterocycles. The van der Waals surface area contributed by atoms with Gasteiger partial charge in [0, 0.05) is 22.7 Å². The third-order valence-corrected chi connectivity index (χ3v) is 3.68. The fraction of sp³-hybridized carbons (Fsp3) is 0.167. The lowest BCUT2D eigenvalue weighted by molar-refractivity contribution is 1.08. The molecule has 0 aliphatic carbocycles. The van der Waals surface area contributed by atoms with Crippen molar-refractivity contribution in [3.8, 4) is 11.6 Å². The van der Waals surface area contributed by atoms with Crippen molar-refractivity contribution in [2.45, 2.75) is 13.8 Å². The average molecular weight is 277 g/mol. The van der Waals surface area contributed by atoms with Crippen LogP contribution in [0.3, 0.4) is 0 Å². The normalized spacial score (nSPS) is 11.1. The number of halogens is 1. The Kier molecular flexibility index (Phi) is 2.72. The van der Waals surface area contributed by atoms with Gasteiger partial charge in [-0.1, -0.05) is 11.6 Å². The van der Waals surface area contributed by atoms with Gasteiger partial charge in [0.05, 0.1) is 0 Å². The lowest BCUT2D eigenvalue weighted by Crippen LogP contribution is -1.95. The summed E-state index contributed by atoms with van der Waals surface area (Å²) in [6.45, 7) is 3.95. The first kappa shape index (κ1) is 11.5. The molecule has 90 valence electrons. The van der Waals surface area contributed by atoms with Crippen molar-refractivity contribution in [1.82, 2.24) is 19.9 Å². The topological polar surface area (TPSA) is 51.6 Å². The van der Waals surface area contributed by atoms with Gasteiger partial charge in [0.1, 0.15) is 9.98 Å². The maximum Gasteiger partial charge on any atom is 0.200 e. The van der Waals surface area contributed by atoms with E-state index in [1.807, 2.05) is 19.9 Å². The number of hydrogen-bond donors (Lipinski definition) is 0. The third-order valence-electron chi connectivity index (χ3n) is 2.45.